The molecule has 0 aliphatic heterocycles. The van der Waals surface area contributed by atoms with Crippen molar-refractivity contribution in [2.45, 2.75) is 20.3 Å². The van der Waals surface area contributed by atoms with Crippen molar-refractivity contribution in [1.82, 2.24) is 4.98 Å². The molecule has 39 heavy (non-hydrogen) atoms. The smallest absolute Gasteiger partial charge is 0.255 e. The fraction of sp³-hybridized carbons (Fsp3) is 0.152. The van der Waals surface area contributed by atoms with Crippen molar-refractivity contribution in [1.29, 1.82) is 0 Å². The van der Waals surface area contributed by atoms with Gasteiger partial charge < -0.3 is 19.5 Å². The molecule has 0 unspecified atom stereocenters. The van der Waals surface area contributed by atoms with E-state index in [1.54, 1.807) is 37.6 Å². The van der Waals surface area contributed by atoms with E-state index in [0.717, 1.165) is 22.9 Å². The van der Waals surface area contributed by atoms with E-state index in [9.17, 15) is 4.79 Å². The van der Waals surface area contributed by atoms with Gasteiger partial charge in [0.15, 0.2) is 11.5 Å². The van der Waals surface area contributed by atoms with Gasteiger partial charge in [0.05, 0.1) is 12.6 Å². The first-order valence-electron chi connectivity index (χ1n) is 13.0. The molecule has 0 saturated carbocycles. The number of methoxy groups -OCH3 is 1. The molecule has 1 aliphatic carbocycles. The molecule has 6 heteroatoms. The Morgan fingerprint density at radius 2 is 1.72 bits per heavy atom. The number of nitrogens with one attached hydrogen (secondary N) is 1. The molecule has 0 spiro atoms. The van der Waals surface area contributed by atoms with Crippen LogP contribution < -0.4 is 19.5 Å². The Kier molecular flexibility index (Phi) is 9.51. The molecule has 3 aromatic carbocycles. The van der Waals surface area contributed by atoms with Gasteiger partial charge in [0, 0.05) is 28.9 Å². The maximum Gasteiger partial charge on any atom is 0.255 e. The minimum absolute atomic E-state index is 0.164. The summed E-state index contributed by atoms with van der Waals surface area (Å²) in [5.74, 6) is 2.31. The number of anilines is 1. The highest BCUT2D eigenvalue weighted by Gasteiger charge is 2.13. The molecular weight excluding hydrogens is 488 g/mol. The van der Waals surface area contributed by atoms with Crippen molar-refractivity contribution in [3.63, 3.8) is 0 Å². The Bertz CT molecular complexity index is 1490. The van der Waals surface area contributed by atoms with Crippen LogP contribution >= 0.6 is 0 Å². The predicted octanol–water partition coefficient (Wildman–Crippen LogP) is 8.14. The number of pyridine rings is 1. The van der Waals surface area contributed by atoms with Crippen molar-refractivity contribution in [3.8, 4) is 23.0 Å². The van der Waals surface area contributed by atoms with Gasteiger partial charge in [-0.2, -0.15) is 0 Å². The van der Waals surface area contributed by atoms with E-state index in [2.05, 4.69) is 22.5 Å². The van der Waals surface area contributed by atoms with Crippen LogP contribution in [-0.4, -0.2) is 24.6 Å². The number of ether oxygens (including phenoxy) is 3. The SMILES string of the molecule is CC.COc1cc2c(Oc3ccc(NC(=O)c4ccccc4)cc3)ccnc2cc1OCC1=CCC=CC=C1. The molecule has 1 amide bonds. The number of amides is 1. The van der Waals surface area contributed by atoms with E-state index in [0.29, 0.717) is 40.9 Å². The summed E-state index contributed by atoms with van der Waals surface area (Å²) in [7, 11) is 1.61. The number of aromatic nitrogens is 1. The summed E-state index contributed by atoms with van der Waals surface area (Å²) < 4.78 is 17.9. The number of hydrogen-bond acceptors (Lipinski definition) is 5. The Morgan fingerprint density at radius 3 is 2.49 bits per heavy atom. The van der Waals surface area contributed by atoms with Crippen LogP contribution in [0.3, 0.4) is 0 Å². The topological polar surface area (TPSA) is 69.7 Å². The first kappa shape index (κ1) is 27.2. The normalized spacial score (nSPS) is 12.0. The Hall–Kier alpha value is -4.84. The van der Waals surface area contributed by atoms with Crippen molar-refractivity contribution in [3.05, 3.63) is 121 Å². The minimum Gasteiger partial charge on any atom is -0.493 e. The highest BCUT2D eigenvalue weighted by Crippen LogP contribution is 2.37. The van der Waals surface area contributed by atoms with Gasteiger partial charge in [-0.05, 0) is 60.5 Å². The summed E-state index contributed by atoms with van der Waals surface area (Å²) >= 11 is 0. The van der Waals surface area contributed by atoms with Crippen LogP contribution in [0.4, 0.5) is 5.69 Å². The Morgan fingerprint density at radius 1 is 0.923 bits per heavy atom. The molecule has 1 N–H and O–H groups in total. The van der Waals surface area contributed by atoms with Gasteiger partial charge in [-0.1, -0.05) is 62.4 Å². The van der Waals surface area contributed by atoms with Gasteiger partial charge in [-0.25, -0.2) is 0 Å². The molecular formula is C33H32N2O4. The van der Waals surface area contributed by atoms with Crippen LogP contribution in [0.15, 0.2) is 115 Å². The van der Waals surface area contributed by atoms with E-state index >= 15 is 0 Å². The van der Waals surface area contributed by atoms with Crippen molar-refractivity contribution in [2.75, 3.05) is 19.0 Å². The molecule has 6 nitrogen and oxygen atoms in total. The standard InChI is InChI=1S/C31H26N2O4.C2H6/c1-35-29-19-26-27(20-30(29)36-21-22-9-5-2-3-6-10-22)32-18-17-28(26)37-25-15-13-24(14-16-25)33-31(34)23-11-7-4-8-12-23;1-2/h2-5,7-20H,6,21H2,1H3,(H,33,34);1-2H3. The lowest BCUT2D eigenvalue weighted by Gasteiger charge is -2.14. The second-order valence-corrected chi connectivity index (χ2v) is 8.37. The quantitative estimate of drug-likeness (QED) is 0.254. The second kappa shape index (κ2) is 13.6. The first-order valence-corrected chi connectivity index (χ1v) is 13.0. The number of carbonyl (C=O) groups is 1. The summed E-state index contributed by atoms with van der Waals surface area (Å²) in [6.45, 7) is 4.43. The highest BCUT2D eigenvalue weighted by molar-refractivity contribution is 6.04. The van der Waals surface area contributed by atoms with Crippen LogP contribution in [0.5, 0.6) is 23.0 Å². The number of hydrogen-bond donors (Lipinski definition) is 1. The lowest BCUT2D eigenvalue weighted by atomic mass is 10.1. The molecule has 1 aromatic heterocycles. The number of benzene rings is 3. The molecule has 0 saturated heterocycles. The highest BCUT2D eigenvalue weighted by atomic mass is 16.5. The summed E-state index contributed by atoms with van der Waals surface area (Å²) in [5.41, 5.74) is 3.11. The largest absolute Gasteiger partial charge is 0.493 e. The zero-order valence-corrected chi connectivity index (χ0v) is 22.4. The third-order valence-electron chi connectivity index (χ3n) is 5.83. The fourth-order valence-electron chi connectivity index (χ4n) is 3.91. The molecule has 5 rings (SSSR count). The Labute approximate surface area is 229 Å². The van der Waals surface area contributed by atoms with Crippen LogP contribution in [-0.2, 0) is 0 Å². The number of allylic oxidation sites excluding steroid dienone is 4. The van der Waals surface area contributed by atoms with Crippen molar-refractivity contribution in [2.24, 2.45) is 0 Å². The van der Waals surface area contributed by atoms with E-state index < -0.39 is 0 Å². The molecule has 198 valence electrons. The molecule has 0 radical (unpaired) electrons. The predicted molar refractivity (Wildman–Crippen MR) is 157 cm³/mol. The van der Waals surface area contributed by atoms with Gasteiger partial charge in [0.1, 0.15) is 18.1 Å². The number of rotatable bonds is 8. The lowest BCUT2D eigenvalue weighted by molar-refractivity contribution is 0.102. The maximum atomic E-state index is 12.4. The molecule has 1 heterocycles. The van der Waals surface area contributed by atoms with Crippen LogP contribution in [0.25, 0.3) is 10.9 Å². The number of fused-ring (bicyclic) bond motifs is 1. The monoisotopic (exact) mass is 520 g/mol. The molecule has 1 aliphatic rings. The average molecular weight is 521 g/mol. The summed E-state index contributed by atoms with van der Waals surface area (Å²) in [4.78, 5) is 16.9. The first-order chi connectivity index (χ1) is 19.2. The zero-order chi connectivity index (χ0) is 27.5. The molecule has 4 aromatic rings. The second-order valence-electron chi connectivity index (χ2n) is 8.37. The van der Waals surface area contributed by atoms with Gasteiger partial charge in [0.2, 0.25) is 0 Å². The van der Waals surface area contributed by atoms with Gasteiger partial charge in [0.25, 0.3) is 5.91 Å². The summed E-state index contributed by atoms with van der Waals surface area (Å²) in [5, 5.41) is 3.69. The van der Waals surface area contributed by atoms with E-state index in [1.807, 2.05) is 80.6 Å². The van der Waals surface area contributed by atoms with Gasteiger partial charge >= 0.3 is 0 Å². The maximum absolute atomic E-state index is 12.4. The third kappa shape index (κ3) is 7.14. The summed E-state index contributed by atoms with van der Waals surface area (Å²) in [6, 6.07) is 21.9. The van der Waals surface area contributed by atoms with Gasteiger partial charge in [-0.15, -0.1) is 0 Å². The minimum atomic E-state index is -0.164. The summed E-state index contributed by atoms with van der Waals surface area (Å²) in [6.07, 6.45) is 12.9. The van der Waals surface area contributed by atoms with Crippen LogP contribution in [0, 0.1) is 0 Å². The number of nitrogens with zero attached hydrogens (tertiary/aromatic N) is 1. The molecule has 0 fully saturated rings. The average Bonchev–Trinajstić information content (AvgIpc) is 3.27. The fourth-order valence-corrected chi connectivity index (χ4v) is 3.91. The van der Waals surface area contributed by atoms with Crippen molar-refractivity contribution < 1.29 is 19.0 Å². The molecule has 0 atom stereocenters. The Balaban J connectivity index is 0.00000172. The lowest BCUT2D eigenvalue weighted by Crippen LogP contribution is -2.11. The zero-order valence-electron chi connectivity index (χ0n) is 22.4. The van der Waals surface area contributed by atoms with Gasteiger partial charge in [-0.3, -0.25) is 9.78 Å². The van der Waals surface area contributed by atoms with Crippen molar-refractivity contribution >= 4 is 22.5 Å². The van der Waals surface area contributed by atoms with E-state index in [4.69, 9.17) is 14.2 Å². The third-order valence-corrected chi connectivity index (χ3v) is 5.83. The number of carbonyl (C=O) groups excluding carboxylic acids is 1. The van der Waals surface area contributed by atoms with E-state index in [1.165, 1.54) is 0 Å². The van der Waals surface area contributed by atoms with Crippen LogP contribution in [0.1, 0.15) is 30.6 Å². The van der Waals surface area contributed by atoms with E-state index in [-0.39, 0.29) is 5.91 Å². The van der Waals surface area contributed by atoms with Crippen LogP contribution in [0.2, 0.25) is 0 Å². The molecule has 0 bridgehead atoms.